The third kappa shape index (κ3) is 5.05. The Bertz CT molecular complexity index is 1060. The maximum Gasteiger partial charge on any atom is 0.253 e. The van der Waals surface area contributed by atoms with Gasteiger partial charge in [-0.05, 0) is 73.3 Å². The van der Waals surface area contributed by atoms with Crippen LogP contribution in [0, 0.1) is 11.3 Å². The molecule has 0 radical (unpaired) electrons. The summed E-state index contributed by atoms with van der Waals surface area (Å²) in [7, 11) is 0. The molecular weight excluding hydrogens is 408 g/mol. The van der Waals surface area contributed by atoms with E-state index in [1.165, 1.54) is 29.5 Å². The van der Waals surface area contributed by atoms with Gasteiger partial charge in [0.25, 0.3) is 5.91 Å². The van der Waals surface area contributed by atoms with Gasteiger partial charge in [-0.2, -0.15) is 0 Å². The largest absolute Gasteiger partial charge is 0.339 e. The summed E-state index contributed by atoms with van der Waals surface area (Å²) < 4.78 is 0. The first-order valence-corrected chi connectivity index (χ1v) is 12.4. The molecule has 3 aliphatic rings. The molecule has 4 heteroatoms. The van der Waals surface area contributed by atoms with E-state index < -0.39 is 0 Å². The lowest BCUT2D eigenvalue weighted by atomic mass is 9.97. The number of hydrogen-bond acceptors (Lipinski definition) is 2. The van der Waals surface area contributed by atoms with Crippen molar-refractivity contribution in [2.75, 3.05) is 26.2 Å². The normalized spacial score (nSPS) is 19.3. The van der Waals surface area contributed by atoms with Crippen LogP contribution in [0.15, 0.2) is 60.7 Å². The smallest absolute Gasteiger partial charge is 0.253 e. The first kappa shape index (κ1) is 21.9. The quantitative estimate of drug-likeness (QED) is 0.543. The SMILES string of the molecule is C=C(Cc1cccc(-c2ccc(C(=O)N3CCN(C(=O)C4(C)CC4)CC3)cc2)c1)CC1CC1. The molecule has 0 unspecified atom stereocenters. The van der Waals surface area contributed by atoms with E-state index in [2.05, 4.69) is 37.8 Å². The van der Waals surface area contributed by atoms with Gasteiger partial charge < -0.3 is 9.80 Å². The van der Waals surface area contributed by atoms with Crippen LogP contribution in [0.2, 0.25) is 0 Å². The zero-order chi connectivity index (χ0) is 23.0. The van der Waals surface area contributed by atoms with Gasteiger partial charge in [-0.1, -0.05) is 55.5 Å². The van der Waals surface area contributed by atoms with E-state index in [1.807, 2.05) is 34.1 Å². The van der Waals surface area contributed by atoms with E-state index in [0.717, 1.165) is 37.2 Å². The molecule has 0 bridgehead atoms. The van der Waals surface area contributed by atoms with E-state index in [4.69, 9.17) is 0 Å². The minimum atomic E-state index is -0.135. The second kappa shape index (κ2) is 8.81. The van der Waals surface area contributed by atoms with Crippen molar-refractivity contribution < 1.29 is 9.59 Å². The molecule has 33 heavy (non-hydrogen) atoms. The van der Waals surface area contributed by atoms with E-state index >= 15 is 0 Å². The van der Waals surface area contributed by atoms with Crippen molar-refractivity contribution >= 4 is 11.8 Å². The maximum absolute atomic E-state index is 13.0. The van der Waals surface area contributed by atoms with Crippen LogP contribution < -0.4 is 0 Å². The summed E-state index contributed by atoms with van der Waals surface area (Å²) >= 11 is 0. The average Bonchev–Trinajstić information content (AvgIpc) is 3.77. The van der Waals surface area contributed by atoms with Crippen molar-refractivity contribution in [2.45, 2.75) is 45.4 Å². The van der Waals surface area contributed by atoms with Gasteiger partial charge in [0, 0.05) is 37.2 Å². The molecule has 0 atom stereocenters. The molecule has 172 valence electrons. The number of hydrogen-bond donors (Lipinski definition) is 0. The van der Waals surface area contributed by atoms with Crippen LogP contribution >= 0.6 is 0 Å². The molecule has 1 aliphatic heterocycles. The lowest BCUT2D eigenvalue weighted by Gasteiger charge is -2.36. The van der Waals surface area contributed by atoms with Gasteiger partial charge in [-0.25, -0.2) is 0 Å². The second-order valence-electron chi connectivity index (χ2n) is 10.5. The van der Waals surface area contributed by atoms with Crippen molar-refractivity contribution in [3.8, 4) is 11.1 Å². The zero-order valence-corrected chi connectivity index (χ0v) is 19.7. The highest BCUT2D eigenvalue weighted by atomic mass is 16.2. The van der Waals surface area contributed by atoms with E-state index in [9.17, 15) is 9.59 Å². The summed E-state index contributed by atoms with van der Waals surface area (Å²) in [4.78, 5) is 29.4. The topological polar surface area (TPSA) is 40.6 Å². The monoisotopic (exact) mass is 442 g/mol. The fourth-order valence-electron chi connectivity index (χ4n) is 4.84. The van der Waals surface area contributed by atoms with Crippen molar-refractivity contribution in [1.29, 1.82) is 0 Å². The number of nitrogens with zero attached hydrogens (tertiary/aromatic N) is 2. The molecule has 0 aromatic heterocycles. The predicted octanol–water partition coefficient (Wildman–Crippen LogP) is 5.34. The van der Waals surface area contributed by atoms with Gasteiger partial charge in [0.05, 0.1) is 0 Å². The van der Waals surface area contributed by atoms with Crippen LogP contribution in [0.3, 0.4) is 0 Å². The van der Waals surface area contributed by atoms with Crippen LogP contribution in [0.5, 0.6) is 0 Å². The molecule has 2 aromatic carbocycles. The summed E-state index contributed by atoms with van der Waals surface area (Å²) in [6.45, 7) is 8.81. The molecule has 1 saturated heterocycles. The maximum atomic E-state index is 13.0. The lowest BCUT2D eigenvalue weighted by Crippen LogP contribution is -2.52. The summed E-state index contributed by atoms with van der Waals surface area (Å²) in [6.07, 6.45) is 6.80. The number of allylic oxidation sites excluding steroid dienone is 1. The minimum absolute atomic E-state index is 0.0522. The van der Waals surface area contributed by atoms with E-state index in [1.54, 1.807) is 0 Å². The van der Waals surface area contributed by atoms with Gasteiger partial charge in [0.1, 0.15) is 0 Å². The van der Waals surface area contributed by atoms with Crippen LogP contribution in [0.25, 0.3) is 11.1 Å². The molecule has 0 N–H and O–H groups in total. The van der Waals surface area contributed by atoms with Crippen molar-refractivity contribution in [1.82, 2.24) is 9.80 Å². The molecule has 4 nitrogen and oxygen atoms in total. The lowest BCUT2D eigenvalue weighted by molar-refractivity contribution is -0.137. The molecule has 3 fully saturated rings. The number of piperazine rings is 1. The van der Waals surface area contributed by atoms with Gasteiger partial charge >= 0.3 is 0 Å². The number of carbonyl (C=O) groups is 2. The molecule has 2 amide bonds. The van der Waals surface area contributed by atoms with Crippen molar-refractivity contribution in [3.63, 3.8) is 0 Å². The third-order valence-electron chi connectivity index (χ3n) is 7.49. The molecular formula is C29H34N2O2. The van der Waals surface area contributed by atoms with Gasteiger partial charge in [0.15, 0.2) is 0 Å². The zero-order valence-electron chi connectivity index (χ0n) is 19.7. The fraction of sp³-hybridized carbons (Fsp3) is 0.448. The average molecular weight is 443 g/mol. The molecule has 2 aromatic rings. The van der Waals surface area contributed by atoms with E-state index in [-0.39, 0.29) is 17.2 Å². The molecule has 2 saturated carbocycles. The summed E-state index contributed by atoms with van der Waals surface area (Å²) in [5, 5.41) is 0. The standard InChI is InChI=1S/C29H34N2O2/c1-21(18-22-6-7-22)19-23-4-3-5-26(20-23)24-8-10-25(11-9-24)27(32)30-14-16-31(17-15-30)28(33)29(2)12-13-29/h3-5,8-11,20,22H,1,6-7,12-19H2,2H3. The Balaban J connectivity index is 1.19. The van der Waals surface area contributed by atoms with Crippen LogP contribution in [0.1, 0.15) is 54.9 Å². The number of benzene rings is 2. The number of carbonyl (C=O) groups excluding carboxylic acids is 2. The highest BCUT2D eigenvalue weighted by Gasteiger charge is 2.47. The Kier molecular flexibility index (Phi) is 5.86. The van der Waals surface area contributed by atoms with E-state index in [0.29, 0.717) is 31.7 Å². The molecule has 2 aliphatic carbocycles. The Labute approximate surface area is 197 Å². The fourth-order valence-corrected chi connectivity index (χ4v) is 4.84. The Morgan fingerprint density at radius 2 is 1.61 bits per heavy atom. The summed E-state index contributed by atoms with van der Waals surface area (Å²) in [5.41, 5.74) is 5.49. The highest BCUT2D eigenvalue weighted by molar-refractivity contribution is 5.95. The minimum Gasteiger partial charge on any atom is -0.339 e. The summed E-state index contributed by atoms with van der Waals surface area (Å²) in [6, 6.07) is 16.6. The van der Waals surface area contributed by atoms with Gasteiger partial charge in [-0.15, -0.1) is 0 Å². The summed E-state index contributed by atoms with van der Waals surface area (Å²) in [5.74, 6) is 1.18. The number of rotatable bonds is 7. The molecule has 0 spiro atoms. The third-order valence-corrected chi connectivity index (χ3v) is 7.49. The van der Waals surface area contributed by atoms with Gasteiger partial charge in [-0.3, -0.25) is 9.59 Å². The molecule has 1 heterocycles. The number of amides is 2. The van der Waals surface area contributed by atoms with Crippen LogP contribution in [-0.4, -0.2) is 47.8 Å². The van der Waals surface area contributed by atoms with Crippen LogP contribution in [0.4, 0.5) is 0 Å². The van der Waals surface area contributed by atoms with Gasteiger partial charge in [0.2, 0.25) is 5.91 Å². The molecule has 5 rings (SSSR count). The van der Waals surface area contributed by atoms with Crippen molar-refractivity contribution in [2.24, 2.45) is 11.3 Å². The second-order valence-corrected chi connectivity index (χ2v) is 10.5. The Morgan fingerprint density at radius 3 is 2.24 bits per heavy atom. The first-order chi connectivity index (χ1) is 15.9. The Morgan fingerprint density at radius 1 is 0.939 bits per heavy atom. The van der Waals surface area contributed by atoms with Crippen molar-refractivity contribution in [3.05, 3.63) is 71.8 Å². The first-order valence-electron chi connectivity index (χ1n) is 12.4. The Hall–Kier alpha value is -2.88. The highest BCUT2D eigenvalue weighted by Crippen LogP contribution is 2.46. The predicted molar refractivity (Wildman–Crippen MR) is 132 cm³/mol. The van der Waals surface area contributed by atoms with Crippen LogP contribution in [-0.2, 0) is 11.2 Å².